The summed E-state index contributed by atoms with van der Waals surface area (Å²) < 4.78 is 1.51. The first-order chi connectivity index (χ1) is 8.22. The van der Waals surface area contributed by atoms with Gasteiger partial charge in [-0.05, 0) is 12.8 Å². The molecule has 1 amide bonds. The van der Waals surface area contributed by atoms with Crippen molar-refractivity contribution >= 4 is 5.91 Å². The molecule has 1 aliphatic rings. The second kappa shape index (κ2) is 5.27. The number of aliphatic hydroxyl groups is 1. The van der Waals surface area contributed by atoms with Gasteiger partial charge in [0.05, 0.1) is 18.8 Å². The van der Waals surface area contributed by atoms with Crippen molar-refractivity contribution in [2.75, 3.05) is 13.2 Å². The van der Waals surface area contributed by atoms with Gasteiger partial charge in [0.15, 0.2) is 5.69 Å². The molecule has 0 spiro atoms. The number of aryl methyl sites for hydroxylation is 1. The first-order valence-electron chi connectivity index (χ1n) is 6.00. The lowest BCUT2D eigenvalue weighted by atomic mass is 10.1. The maximum Gasteiger partial charge on any atom is 0.276 e. The second-order valence-corrected chi connectivity index (χ2v) is 4.46. The predicted octanol–water partition coefficient (Wildman–Crippen LogP) is 0.192. The normalized spacial score (nSPS) is 21.3. The fourth-order valence-corrected chi connectivity index (χ4v) is 2.23. The molecule has 0 saturated carbocycles. The SMILES string of the molecule is Cn1cc(C(=O)N2CCCCCC2CO)nn1. The van der Waals surface area contributed by atoms with Crippen molar-refractivity contribution in [3.63, 3.8) is 0 Å². The van der Waals surface area contributed by atoms with Crippen molar-refractivity contribution in [3.8, 4) is 0 Å². The van der Waals surface area contributed by atoms with E-state index in [0.717, 1.165) is 25.7 Å². The number of amides is 1. The molecule has 1 aromatic rings. The zero-order chi connectivity index (χ0) is 12.3. The number of hydrogen-bond acceptors (Lipinski definition) is 4. The van der Waals surface area contributed by atoms with Crippen LogP contribution in [0.25, 0.3) is 0 Å². The molecule has 0 radical (unpaired) electrons. The third-order valence-corrected chi connectivity index (χ3v) is 3.17. The molecule has 1 fully saturated rings. The van der Waals surface area contributed by atoms with Crippen molar-refractivity contribution in [2.45, 2.75) is 31.7 Å². The maximum atomic E-state index is 12.2. The molecule has 0 aromatic carbocycles. The number of likely N-dealkylation sites (tertiary alicyclic amines) is 1. The van der Waals surface area contributed by atoms with Crippen molar-refractivity contribution in [1.29, 1.82) is 0 Å². The van der Waals surface area contributed by atoms with Crippen LogP contribution < -0.4 is 0 Å². The highest BCUT2D eigenvalue weighted by Crippen LogP contribution is 2.18. The Morgan fingerprint density at radius 2 is 2.35 bits per heavy atom. The Morgan fingerprint density at radius 3 is 3.00 bits per heavy atom. The maximum absolute atomic E-state index is 12.2. The number of nitrogens with zero attached hydrogens (tertiary/aromatic N) is 4. The van der Waals surface area contributed by atoms with Gasteiger partial charge in [-0.3, -0.25) is 9.48 Å². The molecule has 1 unspecified atom stereocenters. The highest BCUT2D eigenvalue weighted by Gasteiger charge is 2.27. The van der Waals surface area contributed by atoms with Gasteiger partial charge in [0.2, 0.25) is 0 Å². The van der Waals surface area contributed by atoms with Crippen LogP contribution in [0.2, 0.25) is 0 Å². The van der Waals surface area contributed by atoms with Gasteiger partial charge >= 0.3 is 0 Å². The second-order valence-electron chi connectivity index (χ2n) is 4.46. The van der Waals surface area contributed by atoms with E-state index in [9.17, 15) is 9.90 Å². The largest absolute Gasteiger partial charge is 0.394 e. The van der Waals surface area contributed by atoms with Crippen molar-refractivity contribution < 1.29 is 9.90 Å². The van der Waals surface area contributed by atoms with Gasteiger partial charge in [0, 0.05) is 13.6 Å². The summed E-state index contributed by atoms with van der Waals surface area (Å²) >= 11 is 0. The van der Waals surface area contributed by atoms with Crippen LogP contribution in [0, 0.1) is 0 Å². The minimum absolute atomic E-state index is 0.0198. The molecule has 1 aromatic heterocycles. The molecule has 17 heavy (non-hydrogen) atoms. The van der Waals surface area contributed by atoms with Crippen molar-refractivity contribution in [2.24, 2.45) is 7.05 Å². The topological polar surface area (TPSA) is 71.2 Å². The number of rotatable bonds is 2. The van der Waals surface area contributed by atoms with Crippen molar-refractivity contribution in [3.05, 3.63) is 11.9 Å². The standard InChI is InChI=1S/C11H18N4O2/c1-14-7-10(12-13-14)11(17)15-6-4-2-3-5-9(15)8-16/h7,9,16H,2-6,8H2,1H3. The summed E-state index contributed by atoms with van der Waals surface area (Å²) in [6.07, 6.45) is 5.64. The van der Waals surface area contributed by atoms with Crippen LogP contribution in [0.1, 0.15) is 36.2 Å². The summed E-state index contributed by atoms with van der Waals surface area (Å²) in [7, 11) is 1.73. The molecule has 1 atom stereocenters. The van der Waals surface area contributed by atoms with E-state index in [-0.39, 0.29) is 18.6 Å². The first kappa shape index (κ1) is 12.0. The third kappa shape index (κ3) is 2.63. The fourth-order valence-electron chi connectivity index (χ4n) is 2.23. The van der Waals surface area contributed by atoms with E-state index in [2.05, 4.69) is 10.3 Å². The Hall–Kier alpha value is -1.43. The third-order valence-electron chi connectivity index (χ3n) is 3.17. The van der Waals surface area contributed by atoms with Crippen LogP contribution in [0.15, 0.2) is 6.20 Å². The van der Waals surface area contributed by atoms with Crippen LogP contribution in [-0.4, -0.2) is 50.1 Å². The molecular weight excluding hydrogens is 220 g/mol. The average molecular weight is 238 g/mol. The molecule has 1 saturated heterocycles. The Balaban J connectivity index is 2.15. The van der Waals surface area contributed by atoms with Crippen molar-refractivity contribution in [1.82, 2.24) is 19.9 Å². The zero-order valence-corrected chi connectivity index (χ0v) is 10.0. The lowest BCUT2D eigenvalue weighted by Gasteiger charge is -2.27. The van der Waals surface area contributed by atoms with Gasteiger partial charge in [-0.25, -0.2) is 0 Å². The van der Waals surface area contributed by atoms with Crippen LogP contribution in [-0.2, 0) is 7.05 Å². The van der Waals surface area contributed by atoms with E-state index < -0.39 is 0 Å². The number of aliphatic hydroxyl groups excluding tert-OH is 1. The Morgan fingerprint density at radius 1 is 1.53 bits per heavy atom. The molecule has 2 rings (SSSR count). The van der Waals surface area contributed by atoms with E-state index in [1.165, 1.54) is 4.68 Å². The van der Waals surface area contributed by atoms with Gasteiger partial charge in [-0.2, -0.15) is 0 Å². The summed E-state index contributed by atoms with van der Waals surface area (Å²) in [4.78, 5) is 14.0. The van der Waals surface area contributed by atoms with E-state index in [4.69, 9.17) is 0 Å². The Bertz CT molecular complexity index is 391. The monoisotopic (exact) mass is 238 g/mol. The molecule has 0 aliphatic carbocycles. The lowest BCUT2D eigenvalue weighted by molar-refractivity contribution is 0.0594. The summed E-state index contributed by atoms with van der Waals surface area (Å²) in [6.45, 7) is 0.715. The number of carbonyl (C=O) groups excluding carboxylic acids is 1. The average Bonchev–Trinajstić information content (AvgIpc) is 2.64. The Labute approximate surface area is 100 Å². The Kier molecular flexibility index (Phi) is 3.73. The molecule has 6 nitrogen and oxygen atoms in total. The highest BCUT2D eigenvalue weighted by atomic mass is 16.3. The minimum atomic E-state index is -0.126. The van der Waals surface area contributed by atoms with Crippen LogP contribution >= 0.6 is 0 Å². The zero-order valence-electron chi connectivity index (χ0n) is 10.0. The summed E-state index contributed by atoms with van der Waals surface area (Å²) in [5.74, 6) is -0.126. The minimum Gasteiger partial charge on any atom is -0.394 e. The number of aromatic nitrogens is 3. The first-order valence-corrected chi connectivity index (χ1v) is 6.00. The predicted molar refractivity (Wildman–Crippen MR) is 61.4 cm³/mol. The molecule has 2 heterocycles. The molecule has 94 valence electrons. The molecule has 1 N–H and O–H groups in total. The fraction of sp³-hybridized carbons (Fsp3) is 0.727. The van der Waals surface area contributed by atoms with E-state index >= 15 is 0 Å². The summed E-state index contributed by atoms with van der Waals surface area (Å²) in [6, 6.07) is -0.0768. The van der Waals surface area contributed by atoms with Crippen LogP contribution in [0.5, 0.6) is 0 Å². The van der Waals surface area contributed by atoms with Crippen LogP contribution in [0.4, 0.5) is 0 Å². The molecular formula is C11H18N4O2. The molecule has 0 bridgehead atoms. The van der Waals surface area contributed by atoms with E-state index in [1.807, 2.05) is 0 Å². The van der Waals surface area contributed by atoms with E-state index in [1.54, 1.807) is 18.1 Å². The van der Waals surface area contributed by atoms with Gasteiger partial charge in [0.1, 0.15) is 0 Å². The van der Waals surface area contributed by atoms with E-state index in [0.29, 0.717) is 12.2 Å². The van der Waals surface area contributed by atoms with Gasteiger partial charge < -0.3 is 10.0 Å². The van der Waals surface area contributed by atoms with Crippen LogP contribution in [0.3, 0.4) is 0 Å². The lowest BCUT2D eigenvalue weighted by Crippen LogP contribution is -2.42. The van der Waals surface area contributed by atoms with Gasteiger partial charge in [-0.15, -0.1) is 5.10 Å². The summed E-state index contributed by atoms with van der Waals surface area (Å²) in [5.41, 5.74) is 0.354. The molecule has 6 heteroatoms. The highest BCUT2D eigenvalue weighted by molar-refractivity contribution is 5.92. The summed E-state index contributed by atoms with van der Waals surface area (Å²) in [5, 5.41) is 16.9. The number of carbonyl (C=O) groups is 1. The number of hydrogen-bond donors (Lipinski definition) is 1. The molecule has 1 aliphatic heterocycles. The smallest absolute Gasteiger partial charge is 0.276 e. The van der Waals surface area contributed by atoms with Gasteiger partial charge in [-0.1, -0.05) is 18.1 Å². The quantitative estimate of drug-likeness (QED) is 0.798. The van der Waals surface area contributed by atoms with Gasteiger partial charge in [0.25, 0.3) is 5.91 Å².